The third kappa shape index (κ3) is 3.54. The van der Waals surface area contributed by atoms with Crippen LogP contribution in [0.15, 0.2) is 18.3 Å². The van der Waals surface area contributed by atoms with E-state index in [0.29, 0.717) is 18.5 Å². The van der Waals surface area contributed by atoms with Gasteiger partial charge in [0.15, 0.2) is 0 Å². The van der Waals surface area contributed by atoms with E-state index in [1.807, 2.05) is 0 Å². The van der Waals surface area contributed by atoms with E-state index in [9.17, 15) is 10.1 Å². The van der Waals surface area contributed by atoms with E-state index in [1.54, 1.807) is 0 Å². The molecule has 1 aliphatic heterocycles. The first-order chi connectivity index (χ1) is 8.16. The molecule has 0 bridgehead atoms. The molecule has 0 aromatic carbocycles. The maximum Gasteiger partial charge on any atom is 0.287 e. The number of likely N-dealkylation sites (N-methyl/N-ethyl adjacent to an activating group) is 1. The van der Waals surface area contributed by atoms with E-state index < -0.39 is 4.92 Å². The number of aromatic nitrogens is 1. The van der Waals surface area contributed by atoms with Crippen LogP contribution in [0.25, 0.3) is 0 Å². The third-order valence-electron chi connectivity index (χ3n) is 3.03. The smallest absolute Gasteiger partial charge is 0.287 e. The van der Waals surface area contributed by atoms with Crippen molar-refractivity contribution in [2.45, 2.75) is 18.9 Å². The Balaban J connectivity index is 0.00000162. The molecule has 1 atom stereocenters. The maximum atomic E-state index is 10.4. The lowest BCUT2D eigenvalue weighted by Gasteiger charge is -2.19. The SMILES string of the molecule is CN1CCC[C@H]1COc1ccc([N+](=O)[O-])cn1.Cl. The van der Waals surface area contributed by atoms with Crippen LogP contribution in [0.4, 0.5) is 5.69 Å². The molecule has 0 aliphatic carbocycles. The molecular weight excluding hydrogens is 258 g/mol. The van der Waals surface area contributed by atoms with E-state index >= 15 is 0 Å². The number of hydrogen-bond donors (Lipinski definition) is 0. The van der Waals surface area contributed by atoms with E-state index in [-0.39, 0.29) is 18.1 Å². The van der Waals surface area contributed by atoms with Crippen LogP contribution >= 0.6 is 12.4 Å². The first-order valence-corrected chi connectivity index (χ1v) is 5.60. The quantitative estimate of drug-likeness (QED) is 0.619. The van der Waals surface area contributed by atoms with Gasteiger partial charge >= 0.3 is 0 Å². The van der Waals surface area contributed by atoms with Gasteiger partial charge in [0.1, 0.15) is 12.8 Å². The van der Waals surface area contributed by atoms with Gasteiger partial charge < -0.3 is 9.64 Å². The molecule has 1 aliphatic rings. The van der Waals surface area contributed by atoms with Crippen LogP contribution in [0.2, 0.25) is 0 Å². The summed E-state index contributed by atoms with van der Waals surface area (Å²) in [4.78, 5) is 16.1. The van der Waals surface area contributed by atoms with Gasteiger partial charge in [-0.3, -0.25) is 10.1 Å². The number of ether oxygens (including phenoxy) is 1. The molecule has 2 heterocycles. The van der Waals surface area contributed by atoms with Crippen molar-refractivity contribution in [1.82, 2.24) is 9.88 Å². The zero-order valence-electron chi connectivity index (χ0n) is 10.1. The Bertz CT molecular complexity index is 399. The molecule has 18 heavy (non-hydrogen) atoms. The molecule has 0 N–H and O–H groups in total. The molecule has 0 spiro atoms. The summed E-state index contributed by atoms with van der Waals surface area (Å²) in [5, 5.41) is 10.4. The Morgan fingerprint density at radius 3 is 2.89 bits per heavy atom. The molecular formula is C11H16ClN3O3. The Morgan fingerprint density at radius 1 is 1.61 bits per heavy atom. The van der Waals surface area contributed by atoms with Crippen molar-refractivity contribution in [2.75, 3.05) is 20.2 Å². The van der Waals surface area contributed by atoms with Gasteiger partial charge in [-0.25, -0.2) is 4.98 Å². The number of hydrogen-bond acceptors (Lipinski definition) is 5. The number of nitrogens with zero attached hydrogens (tertiary/aromatic N) is 3. The third-order valence-corrected chi connectivity index (χ3v) is 3.03. The van der Waals surface area contributed by atoms with Crippen LogP contribution in [0, 0.1) is 10.1 Å². The predicted octanol–water partition coefficient (Wildman–Crippen LogP) is 1.88. The van der Waals surface area contributed by atoms with Crippen molar-refractivity contribution in [3.8, 4) is 5.88 Å². The predicted molar refractivity (Wildman–Crippen MR) is 69.3 cm³/mol. The highest BCUT2D eigenvalue weighted by Crippen LogP contribution is 2.17. The Kier molecular flexibility index (Phi) is 5.30. The average Bonchev–Trinajstić information content (AvgIpc) is 2.73. The molecule has 1 saturated heterocycles. The summed E-state index contributed by atoms with van der Waals surface area (Å²) in [5.74, 6) is 0.441. The van der Waals surface area contributed by atoms with E-state index in [2.05, 4.69) is 16.9 Å². The Labute approximate surface area is 112 Å². The monoisotopic (exact) mass is 273 g/mol. The normalized spacial score (nSPS) is 19.3. The van der Waals surface area contributed by atoms with Gasteiger partial charge in [0.2, 0.25) is 5.88 Å². The van der Waals surface area contributed by atoms with Gasteiger partial charge in [-0.05, 0) is 26.4 Å². The van der Waals surface area contributed by atoms with Gasteiger partial charge in [-0.1, -0.05) is 0 Å². The lowest BCUT2D eigenvalue weighted by molar-refractivity contribution is -0.385. The van der Waals surface area contributed by atoms with Crippen molar-refractivity contribution < 1.29 is 9.66 Å². The van der Waals surface area contributed by atoms with Crippen LogP contribution in [0.5, 0.6) is 5.88 Å². The molecule has 1 aromatic heterocycles. The molecule has 0 radical (unpaired) electrons. The highest BCUT2D eigenvalue weighted by molar-refractivity contribution is 5.85. The number of nitro groups is 1. The van der Waals surface area contributed by atoms with Crippen molar-refractivity contribution in [3.05, 3.63) is 28.4 Å². The maximum absolute atomic E-state index is 10.4. The molecule has 6 nitrogen and oxygen atoms in total. The van der Waals surface area contributed by atoms with Gasteiger partial charge in [-0.2, -0.15) is 0 Å². The van der Waals surface area contributed by atoms with Crippen molar-refractivity contribution in [2.24, 2.45) is 0 Å². The summed E-state index contributed by atoms with van der Waals surface area (Å²) in [7, 11) is 2.07. The minimum absolute atomic E-state index is 0. The summed E-state index contributed by atoms with van der Waals surface area (Å²) in [5.41, 5.74) is -0.0182. The van der Waals surface area contributed by atoms with E-state index in [0.717, 1.165) is 13.0 Å². The van der Waals surface area contributed by atoms with Crippen molar-refractivity contribution >= 4 is 18.1 Å². The van der Waals surface area contributed by atoms with Gasteiger partial charge in [0, 0.05) is 18.2 Å². The highest BCUT2D eigenvalue weighted by atomic mass is 35.5. The molecule has 100 valence electrons. The standard InChI is InChI=1S/C11H15N3O3.ClH/c1-13-6-2-3-10(13)8-17-11-5-4-9(7-12-11)14(15)16;/h4-5,7,10H,2-3,6,8H2,1H3;1H/t10-;/m0./s1. The molecule has 0 saturated carbocycles. The summed E-state index contributed by atoms with van der Waals surface area (Å²) < 4.78 is 5.52. The van der Waals surface area contributed by atoms with E-state index in [1.165, 1.54) is 24.8 Å². The van der Waals surface area contributed by atoms with Gasteiger partial charge in [0.05, 0.1) is 4.92 Å². The number of rotatable bonds is 4. The molecule has 1 aromatic rings. The highest BCUT2D eigenvalue weighted by Gasteiger charge is 2.21. The zero-order valence-corrected chi connectivity index (χ0v) is 10.9. The fourth-order valence-electron chi connectivity index (χ4n) is 1.94. The van der Waals surface area contributed by atoms with Crippen LogP contribution in [-0.2, 0) is 0 Å². The second-order valence-electron chi connectivity index (χ2n) is 4.20. The first kappa shape index (κ1) is 14.7. The van der Waals surface area contributed by atoms with Crippen LogP contribution in [0.3, 0.4) is 0 Å². The lowest BCUT2D eigenvalue weighted by atomic mass is 10.2. The summed E-state index contributed by atoms with van der Waals surface area (Å²) >= 11 is 0. The van der Waals surface area contributed by atoms with Crippen LogP contribution < -0.4 is 4.74 Å². The van der Waals surface area contributed by atoms with Gasteiger partial charge in [-0.15, -0.1) is 12.4 Å². The number of likely N-dealkylation sites (tertiary alicyclic amines) is 1. The topological polar surface area (TPSA) is 68.5 Å². The van der Waals surface area contributed by atoms with Gasteiger partial charge in [0.25, 0.3) is 5.69 Å². The van der Waals surface area contributed by atoms with E-state index in [4.69, 9.17) is 4.74 Å². The summed E-state index contributed by atoms with van der Waals surface area (Å²) in [6.07, 6.45) is 3.54. The second kappa shape index (κ2) is 6.51. The fraction of sp³-hybridized carbons (Fsp3) is 0.545. The van der Waals surface area contributed by atoms with Crippen LogP contribution in [0.1, 0.15) is 12.8 Å². The molecule has 1 fully saturated rings. The van der Waals surface area contributed by atoms with Crippen LogP contribution in [-0.4, -0.2) is 41.0 Å². The summed E-state index contributed by atoms with van der Waals surface area (Å²) in [6.45, 7) is 1.68. The Hall–Kier alpha value is -1.40. The second-order valence-corrected chi connectivity index (χ2v) is 4.20. The molecule has 0 unspecified atom stereocenters. The Morgan fingerprint density at radius 2 is 2.39 bits per heavy atom. The zero-order chi connectivity index (χ0) is 12.3. The number of halogens is 1. The average molecular weight is 274 g/mol. The van der Waals surface area contributed by atoms with Crippen molar-refractivity contribution in [3.63, 3.8) is 0 Å². The minimum atomic E-state index is -0.471. The molecule has 7 heteroatoms. The number of pyridine rings is 1. The fourth-order valence-corrected chi connectivity index (χ4v) is 1.94. The minimum Gasteiger partial charge on any atom is -0.476 e. The largest absolute Gasteiger partial charge is 0.476 e. The summed E-state index contributed by atoms with van der Waals surface area (Å²) in [6, 6.07) is 3.36. The molecule has 0 amide bonds. The van der Waals surface area contributed by atoms with Crippen molar-refractivity contribution in [1.29, 1.82) is 0 Å². The lowest BCUT2D eigenvalue weighted by Crippen LogP contribution is -2.30. The molecule has 2 rings (SSSR count). The first-order valence-electron chi connectivity index (χ1n) is 5.60.